The van der Waals surface area contributed by atoms with E-state index in [0.717, 1.165) is 45.8 Å². The lowest BCUT2D eigenvalue weighted by Crippen LogP contribution is -2.16. The maximum atomic E-state index is 12.8. The molecule has 0 radical (unpaired) electrons. The smallest absolute Gasteiger partial charge is 0.234 e. The lowest BCUT2D eigenvalue weighted by atomic mass is 10.1. The van der Waals surface area contributed by atoms with Crippen molar-refractivity contribution in [2.75, 3.05) is 11.1 Å². The second-order valence-corrected chi connectivity index (χ2v) is 9.32. The van der Waals surface area contributed by atoms with Gasteiger partial charge in [0.1, 0.15) is 12.4 Å². The zero-order valence-corrected chi connectivity index (χ0v) is 21.4. The van der Waals surface area contributed by atoms with Crippen molar-refractivity contribution in [1.29, 1.82) is 0 Å². The Bertz CT molecular complexity index is 1300. The molecule has 35 heavy (non-hydrogen) atoms. The fourth-order valence-corrected chi connectivity index (χ4v) is 4.77. The Morgan fingerprint density at radius 2 is 1.60 bits per heavy atom. The summed E-state index contributed by atoms with van der Waals surface area (Å²) in [4.78, 5) is 12.8. The Morgan fingerprint density at radius 3 is 2.31 bits per heavy atom. The number of para-hydroxylation sites is 3. The first-order valence-electron chi connectivity index (χ1n) is 11.7. The Morgan fingerprint density at radius 1 is 0.914 bits per heavy atom. The van der Waals surface area contributed by atoms with Crippen LogP contribution in [0.5, 0.6) is 5.75 Å². The summed E-state index contributed by atoms with van der Waals surface area (Å²) < 4.78 is 8.12. The number of thioether (sulfide) groups is 1. The molecular formula is C28H30N4O2S. The number of benzene rings is 3. The predicted octanol–water partition coefficient (Wildman–Crippen LogP) is 6.06. The van der Waals surface area contributed by atoms with Gasteiger partial charge in [0.15, 0.2) is 11.0 Å². The van der Waals surface area contributed by atoms with E-state index in [9.17, 15) is 4.79 Å². The molecule has 4 rings (SSSR count). The standard InChI is InChI=1S/C28H30N4O2S/c1-5-22-14-10-11-19(2)26(22)29-25(33)18-35-28-31-30-24(32(28)23-15-7-6-8-16-23)17-34-27-20(3)12-9-13-21(27)4/h6-16H,5,17-18H2,1-4H3,(H,29,33). The van der Waals surface area contributed by atoms with E-state index in [1.54, 1.807) is 0 Å². The second kappa shape index (κ2) is 11.2. The highest BCUT2D eigenvalue weighted by Gasteiger charge is 2.18. The summed E-state index contributed by atoms with van der Waals surface area (Å²) in [7, 11) is 0. The number of hydrogen-bond acceptors (Lipinski definition) is 5. The van der Waals surface area contributed by atoms with Gasteiger partial charge in [0.2, 0.25) is 5.91 Å². The van der Waals surface area contributed by atoms with Gasteiger partial charge < -0.3 is 10.1 Å². The minimum atomic E-state index is -0.0741. The van der Waals surface area contributed by atoms with Crippen molar-refractivity contribution < 1.29 is 9.53 Å². The van der Waals surface area contributed by atoms with Crippen molar-refractivity contribution in [1.82, 2.24) is 14.8 Å². The van der Waals surface area contributed by atoms with Crippen LogP contribution in [0.25, 0.3) is 5.69 Å². The van der Waals surface area contributed by atoms with Gasteiger partial charge in [-0.2, -0.15) is 0 Å². The minimum Gasteiger partial charge on any atom is -0.485 e. The van der Waals surface area contributed by atoms with Crippen LogP contribution in [0.15, 0.2) is 71.9 Å². The van der Waals surface area contributed by atoms with E-state index >= 15 is 0 Å². The second-order valence-electron chi connectivity index (χ2n) is 8.38. The Kier molecular flexibility index (Phi) is 7.87. The van der Waals surface area contributed by atoms with Gasteiger partial charge in [0.05, 0.1) is 5.75 Å². The summed E-state index contributed by atoms with van der Waals surface area (Å²) in [5.74, 6) is 1.68. The van der Waals surface area contributed by atoms with Gasteiger partial charge in [-0.05, 0) is 61.6 Å². The SMILES string of the molecule is CCc1cccc(C)c1NC(=O)CSc1nnc(COc2c(C)cccc2C)n1-c1ccccc1. The summed E-state index contributed by atoms with van der Waals surface area (Å²) in [6, 6.07) is 22.1. The third-order valence-corrected chi connectivity index (χ3v) is 6.73. The molecule has 0 spiro atoms. The highest BCUT2D eigenvalue weighted by molar-refractivity contribution is 7.99. The number of carbonyl (C=O) groups excluding carboxylic acids is 1. The van der Waals surface area contributed by atoms with Crippen molar-refractivity contribution in [2.24, 2.45) is 0 Å². The fraction of sp³-hybridized carbons (Fsp3) is 0.250. The summed E-state index contributed by atoms with van der Waals surface area (Å²) in [5.41, 5.74) is 6.15. The van der Waals surface area contributed by atoms with Gasteiger partial charge in [-0.15, -0.1) is 10.2 Å². The van der Waals surface area contributed by atoms with Crippen molar-refractivity contribution in [2.45, 2.75) is 45.9 Å². The average Bonchev–Trinajstić information content (AvgIpc) is 3.27. The first-order chi connectivity index (χ1) is 17.0. The van der Waals surface area contributed by atoms with E-state index in [-0.39, 0.29) is 18.3 Å². The Hall–Kier alpha value is -3.58. The maximum Gasteiger partial charge on any atom is 0.234 e. The number of anilines is 1. The van der Waals surface area contributed by atoms with Crippen LogP contribution < -0.4 is 10.1 Å². The molecule has 0 bridgehead atoms. The van der Waals surface area contributed by atoms with Gasteiger partial charge in [-0.3, -0.25) is 9.36 Å². The normalized spacial score (nSPS) is 10.9. The molecule has 0 saturated heterocycles. The van der Waals surface area contributed by atoms with E-state index in [4.69, 9.17) is 4.74 Å². The molecule has 0 unspecified atom stereocenters. The van der Waals surface area contributed by atoms with Crippen LogP contribution in [0, 0.1) is 20.8 Å². The largest absolute Gasteiger partial charge is 0.485 e. The molecule has 0 aliphatic carbocycles. The lowest BCUT2D eigenvalue weighted by Gasteiger charge is -2.14. The number of aromatic nitrogens is 3. The van der Waals surface area contributed by atoms with Crippen molar-refractivity contribution >= 4 is 23.4 Å². The molecule has 6 nitrogen and oxygen atoms in total. The molecule has 1 heterocycles. The molecule has 0 fully saturated rings. The van der Waals surface area contributed by atoms with Crippen LogP contribution in [-0.4, -0.2) is 26.4 Å². The zero-order valence-electron chi connectivity index (χ0n) is 20.5. The third-order valence-electron chi connectivity index (χ3n) is 5.81. The van der Waals surface area contributed by atoms with Crippen LogP contribution in [-0.2, 0) is 17.8 Å². The Labute approximate surface area is 210 Å². The van der Waals surface area contributed by atoms with Crippen molar-refractivity contribution in [3.8, 4) is 11.4 Å². The molecule has 0 atom stereocenters. The van der Waals surface area contributed by atoms with Crippen LogP contribution in [0.3, 0.4) is 0 Å². The summed E-state index contributed by atoms with van der Waals surface area (Å²) >= 11 is 1.36. The first-order valence-corrected chi connectivity index (χ1v) is 12.7. The highest BCUT2D eigenvalue weighted by Crippen LogP contribution is 2.27. The van der Waals surface area contributed by atoms with Gasteiger partial charge >= 0.3 is 0 Å². The molecule has 0 aliphatic heterocycles. The van der Waals surface area contributed by atoms with Gasteiger partial charge in [0.25, 0.3) is 0 Å². The van der Waals surface area contributed by atoms with Crippen LogP contribution in [0.1, 0.15) is 35.0 Å². The van der Waals surface area contributed by atoms with E-state index < -0.39 is 0 Å². The maximum absolute atomic E-state index is 12.8. The fourth-order valence-electron chi connectivity index (χ4n) is 3.99. The topological polar surface area (TPSA) is 69.0 Å². The number of hydrogen-bond donors (Lipinski definition) is 1. The third kappa shape index (κ3) is 5.74. The average molecular weight is 487 g/mol. The van der Waals surface area contributed by atoms with E-state index in [1.165, 1.54) is 11.8 Å². The van der Waals surface area contributed by atoms with Gasteiger partial charge in [-0.1, -0.05) is 73.3 Å². The number of nitrogens with zero attached hydrogens (tertiary/aromatic N) is 3. The quantitative estimate of drug-likeness (QED) is 0.291. The molecule has 0 aliphatic rings. The minimum absolute atomic E-state index is 0.0741. The van der Waals surface area contributed by atoms with Gasteiger partial charge in [-0.25, -0.2) is 0 Å². The first kappa shape index (κ1) is 24.5. The number of aryl methyl sites for hydroxylation is 4. The Balaban J connectivity index is 1.53. The highest BCUT2D eigenvalue weighted by atomic mass is 32.2. The van der Waals surface area contributed by atoms with Crippen molar-refractivity contribution in [3.05, 3.63) is 94.8 Å². The van der Waals surface area contributed by atoms with E-state index in [2.05, 4.69) is 22.4 Å². The molecule has 1 amide bonds. The van der Waals surface area contributed by atoms with E-state index in [1.807, 2.05) is 92.1 Å². The molecule has 1 aromatic heterocycles. The zero-order chi connectivity index (χ0) is 24.8. The summed E-state index contributed by atoms with van der Waals surface area (Å²) in [6.45, 7) is 8.43. The molecule has 1 N–H and O–H groups in total. The number of rotatable bonds is 9. The molecule has 7 heteroatoms. The number of ether oxygens (including phenoxy) is 1. The molecule has 0 saturated carbocycles. The molecular weight excluding hydrogens is 456 g/mol. The van der Waals surface area contributed by atoms with Crippen molar-refractivity contribution in [3.63, 3.8) is 0 Å². The number of amides is 1. The molecule has 4 aromatic rings. The molecule has 3 aromatic carbocycles. The lowest BCUT2D eigenvalue weighted by molar-refractivity contribution is -0.113. The van der Waals surface area contributed by atoms with E-state index in [0.29, 0.717) is 11.0 Å². The van der Waals surface area contributed by atoms with Crippen LogP contribution >= 0.6 is 11.8 Å². The van der Waals surface area contributed by atoms with Crippen LogP contribution in [0.2, 0.25) is 0 Å². The monoisotopic (exact) mass is 486 g/mol. The summed E-state index contributed by atoms with van der Waals surface area (Å²) in [6.07, 6.45) is 0.858. The number of nitrogens with one attached hydrogen (secondary N) is 1. The van der Waals surface area contributed by atoms with Crippen LogP contribution in [0.4, 0.5) is 5.69 Å². The number of carbonyl (C=O) groups is 1. The predicted molar refractivity (Wildman–Crippen MR) is 142 cm³/mol. The summed E-state index contributed by atoms with van der Waals surface area (Å²) in [5, 5.41) is 12.5. The molecule has 180 valence electrons. The van der Waals surface area contributed by atoms with Gasteiger partial charge in [0, 0.05) is 11.4 Å².